The van der Waals surface area contributed by atoms with Gasteiger partial charge in [-0.15, -0.1) is 0 Å². The van der Waals surface area contributed by atoms with Crippen molar-refractivity contribution in [1.82, 2.24) is 5.32 Å². The number of fused-ring (bicyclic) bond motifs is 3. The van der Waals surface area contributed by atoms with Crippen LogP contribution in [0.4, 0.5) is 4.79 Å². The van der Waals surface area contributed by atoms with E-state index in [9.17, 15) is 14.3 Å². The lowest BCUT2D eigenvalue weighted by molar-refractivity contribution is 0.139. The summed E-state index contributed by atoms with van der Waals surface area (Å²) in [5, 5.41) is 2.54. The van der Waals surface area contributed by atoms with Gasteiger partial charge in [0.1, 0.15) is 6.61 Å². The molecule has 0 saturated heterocycles. The predicted molar refractivity (Wildman–Crippen MR) is 101 cm³/mol. The molecule has 2 aromatic rings. The quantitative estimate of drug-likeness (QED) is 0.725. The van der Waals surface area contributed by atoms with Crippen LogP contribution in [0.1, 0.15) is 37.3 Å². The van der Waals surface area contributed by atoms with E-state index >= 15 is 0 Å². The first-order chi connectivity index (χ1) is 12.5. The Bertz CT molecular complexity index is 777. The van der Waals surface area contributed by atoms with Crippen LogP contribution in [0.15, 0.2) is 48.5 Å². The van der Waals surface area contributed by atoms with Gasteiger partial charge < -0.3 is 4.74 Å². The smallest absolute Gasteiger partial charge is 0.448 e. The largest absolute Gasteiger partial charge is 0.531 e. The van der Waals surface area contributed by atoms with Crippen LogP contribution in [0.3, 0.4) is 0 Å². The van der Waals surface area contributed by atoms with Gasteiger partial charge in [0, 0.05) is 11.8 Å². The minimum absolute atomic E-state index is 0.0295. The first-order valence-electron chi connectivity index (χ1n) is 8.79. The average molecular weight is 372 g/mol. The molecule has 0 saturated carbocycles. The Balaban J connectivity index is 1.72. The van der Waals surface area contributed by atoms with E-state index in [1.54, 1.807) is 0 Å². The summed E-state index contributed by atoms with van der Waals surface area (Å²) < 4.78 is 16.9. The average Bonchev–Trinajstić information content (AvgIpc) is 2.97. The molecule has 5 nitrogen and oxygen atoms in total. The molecule has 1 aliphatic rings. The third-order valence-electron chi connectivity index (χ3n) is 5.03. The van der Waals surface area contributed by atoms with Gasteiger partial charge in [-0.2, -0.15) is 4.89 Å². The molecule has 1 aliphatic carbocycles. The van der Waals surface area contributed by atoms with Crippen LogP contribution < -0.4 is 5.32 Å². The van der Waals surface area contributed by atoms with Crippen LogP contribution in [0, 0.1) is 5.92 Å². The highest BCUT2D eigenvalue weighted by Crippen LogP contribution is 2.44. The second-order valence-electron chi connectivity index (χ2n) is 6.60. The molecule has 0 heterocycles. The molecule has 2 aromatic carbocycles. The number of carbonyl (C=O) groups is 1. The fraction of sp³-hybridized carbons (Fsp3) is 0.350. The van der Waals surface area contributed by atoms with Crippen LogP contribution in [-0.2, 0) is 9.30 Å². The Morgan fingerprint density at radius 1 is 1.15 bits per heavy atom. The van der Waals surface area contributed by atoms with Crippen molar-refractivity contribution in [3.63, 3.8) is 0 Å². The van der Waals surface area contributed by atoms with Crippen molar-refractivity contribution in [2.75, 3.05) is 6.61 Å². The zero-order valence-corrected chi connectivity index (χ0v) is 15.8. The highest BCUT2D eigenvalue weighted by Gasteiger charge is 2.36. The summed E-state index contributed by atoms with van der Waals surface area (Å²) in [5.74, 6) is -0.937. The summed E-state index contributed by atoms with van der Waals surface area (Å²) in [5.41, 5.74) is 4.59. The summed E-state index contributed by atoms with van der Waals surface area (Å²) in [6.07, 6.45) is 0.0326. The molecule has 3 atom stereocenters. The lowest BCUT2D eigenvalue weighted by atomic mass is 9.98. The van der Waals surface area contributed by atoms with Gasteiger partial charge in [0.05, 0.1) is 0 Å². The second kappa shape index (κ2) is 7.98. The Kier molecular flexibility index (Phi) is 5.70. The summed E-state index contributed by atoms with van der Waals surface area (Å²) in [6.45, 7) is 3.93. The highest BCUT2D eigenvalue weighted by molar-refractivity contribution is 7.38. The molecule has 2 N–H and O–H groups in total. The summed E-state index contributed by atoms with van der Waals surface area (Å²) in [7, 11) is -2.51. The summed E-state index contributed by atoms with van der Waals surface area (Å²) in [6, 6.07) is 16.2. The molecule has 136 valence electrons. The maximum Gasteiger partial charge on any atom is 0.531 e. The molecular weight excluding hydrogens is 349 g/mol. The van der Waals surface area contributed by atoms with Gasteiger partial charge >= 0.3 is 14.1 Å². The maximum absolute atomic E-state index is 12.2. The Morgan fingerprint density at radius 2 is 1.69 bits per heavy atom. The van der Waals surface area contributed by atoms with Crippen LogP contribution in [-0.4, -0.2) is 23.4 Å². The van der Waals surface area contributed by atoms with Gasteiger partial charge in [0.2, 0.25) is 0 Å². The third kappa shape index (κ3) is 3.64. The number of carbonyl (C=O) groups excluding carboxylic acids is 1. The predicted octanol–water partition coefficient (Wildman–Crippen LogP) is 4.63. The van der Waals surface area contributed by atoms with E-state index in [4.69, 9.17) is 4.74 Å². The molecule has 6 heteroatoms. The molecule has 0 radical (unpaired) electrons. The molecule has 0 aliphatic heterocycles. The van der Waals surface area contributed by atoms with E-state index in [1.807, 2.05) is 50.2 Å². The van der Waals surface area contributed by atoms with Gasteiger partial charge in [0.25, 0.3) is 5.78 Å². The molecule has 26 heavy (non-hydrogen) atoms. The molecular formula is C20H23NO4P+. The SMILES string of the molecule is CCC(C)C(NC(=O)OCC1c2ccccc2-c2ccccc21)[P+](=O)O. The molecule has 0 aromatic heterocycles. The van der Waals surface area contributed by atoms with Gasteiger partial charge in [0.15, 0.2) is 0 Å². The van der Waals surface area contributed by atoms with Gasteiger partial charge in [-0.05, 0) is 33.2 Å². The monoisotopic (exact) mass is 372 g/mol. The van der Waals surface area contributed by atoms with Gasteiger partial charge in [-0.1, -0.05) is 62.4 Å². The highest BCUT2D eigenvalue weighted by atomic mass is 31.1. The minimum Gasteiger partial charge on any atom is -0.448 e. The van der Waals surface area contributed by atoms with Crippen molar-refractivity contribution in [2.45, 2.75) is 32.0 Å². The summed E-state index contributed by atoms with van der Waals surface area (Å²) >= 11 is 0. The van der Waals surface area contributed by atoms with Gasteiger partial charge in [-0.25, -0.2) is 4.79 Å². The fourth-order valence-corrected chi connectivity index (χ4v) is 4.26. The number of hydrogen-bond donors (Lipinski definition) is 2. The van der Waals surface area contributed by atoms with Crippen molar-refractivity contribution in [1.29, 1.82) is 0 Å². The minimum atomic E-state index is -2.51. The Labute approximate surface area is 154 Å². The van der Waals surface area contributed by atoms with Crippen LogP contribution in [0.25, 0.3) is 11.1 Å². The zero-order valence-electron chi connectivity index (χ0n) is 14.9. The second-order valence-corrected chi connectivity index (χ2v) is 7.76. The first kappa shape index (κ1) is 18.6. The summed E-state index contributed by atoms with van der Waals surface area (Å²) in [4.78, 5) is 21.6. The van der Waals surface area contributed by atoms with Crippen molar-refractivity contribution >= 4 is 14.1 Å². The lowest BCUT2D eigenvalue weighted by Gasteiger charge is -2.16. The Hall–Kier alpha value is -2.23. The number of nitrogens with one attached hydrogen (secondary N) is 1. The molecule has 0 bridgehead atoms. The number of benzene rings is 2. The van der Waals surface area contributed by atoms with Crippen molar-refractivity contribution in [3.05, 3.63) is 59.7 Å². The molecule has 1 amide bonds. The van der Waals surface area contributed by atoms with E-state index in [-0.39, 0.29) is 18.4 Å². The fourth-order valence-electron chi connectivity index (χ4n) is 3.40. The van der Waals surface area contributed by atoms with Crippen LogP contribution >= 0.6 is 8.03 Å². The lowest BCUT2D eigenvalue weighted by Crippen LogP contribution is -2.37. The van der Waals surface area contributed by atoms with Gasteiger partial charge in [-0.3, -0.25) is 5.32 Å². The number of ether oxygens (including phenoxy) is 1. The first-order valence-corrected chi connectivity index (χ1v) is 10.1. The van der Waals surface area contributed by atoms with Crippen molar-refractivity contribution < 1.29 is 19.0 Å². The molecule has 3 rings (SSSR count). The van der Waals surface area contributed by atoms with Crippen LogP contribution in [0.2, 0.25) is 0 Å². The molecule has 0 fully saturated rings. The maximum atomic E-state index is 12.2. The normalized spacial score (nSPS) is 15.6. The third-order valence-corrected chi connectivity index (χ3v) is 6.14. The molecule has 0 spiro atoms. The van der Waals surface area contributed by atoms with E-state index in [2.05, 4.69) is 17.4 Å². The number of amides is 1. The van der Waals surface area contributed by atoms with Crippen LogP contribution in [0.5, 0.6) is 0 Å². The van der Waals surface area contributed by atoms with E-state index in [0.29, 0.717) is 6.42 Å². The standard InChI is InChI=1S/C20H22NO4P/c1-3-13(2)19(26(23)24)21-20(22)25-12-18-16-10-6-4-8-14(16)15-9-5-7-11-17(15)18/h4-11,13,18-19H,3,12H2,1-2H3,(H-,21,22,23,24)/p+1. The van der Waals surface area contributed by atoms with Crippen molar-refractivity contribution in [2.24, 2.45) is 5.92 Å². The number of rotatable bonds is 6. The van der Waals surface area contributed by atoms with E-state index < -0.39 is 19.9 Å². The number of hydrogen-bond acceptors (Lipinski definition) is 3. The zero-order chi connectivity index (χ0) is 18.7. The van der Waals surface area contributed by atoms with Crippen molar-refractivity contribution in [3.8, 4) is 11.1 Å². The number of alkyl carbamates (subject to hydrolysis) is 1. The topological polar surface area (TPSA) is 75.6 Å². The molecule has 3 unspecified atom stereocenters. The van der Waals surface area contributed by atoms with E-state index in [0.717, 1.165) is 22.3 Å². The van der Waals surface area contributed by atoms with E-state index in [1.165, 1.54) is 0 Å². The Morgan fingerprint density at radius 3 is 2.19 bits per heavy atom.